The van der Waals surface area contributed by atoms with Gasteiger partial charge in [0.15, 0.2) is 0 Å². The summed E-state index contributed by atoms with van der Waals surface area (Å²) < 4.78 is 0. The molecule has 0 amide bonds. The maximum absolute atomic E-state index is 3.83. The standard InChI is InChI=1S/C48H43NS/c1-2-3-4-11-31-49(43-25-19-37(20-26-43)35-13-7-5-8-14-35)44-27-21-38(22-28-44)39-17-12-18-40(32-39)42-24-30-48-46(34-42)45-33-41(23-29-47(45)50-48)36-15-9-6-10-16-36/h2-11,13-16,18-19,21,23-27,29,31-34,37,48H,1,12,17,20,22,28,30H2/b4-3-,31-11-. The minimum Gasteiger partial charge on any atom is -0.321 e. The number of thioether (sulfide) groups is 1. The molecule has 3 aromatic carbocycles. The predicted octanol–water partition coefficient (Wildman–Crippen LogP) is 13.0. The lowest BCUT2D eigenvalue weighted by Gasteiger charge is -2.30. The summed E-state index contributed by atoms with van der Waals surface area (Å²) in [6.07, 6.45) is 38.2. The summed E-state index contributed by atoms with van der Waals surface area (Å²) in [4.78, 5) is 3.78. The third-order valence-corrected chi connectivity index (χ3v) is 11.7. The Morgan fingerprint density at radius 3 is 2.34 bits per heavy atom. The number of hydrogen-bond donors (Lipinski definition) is 0. The first-order chi connectivity index (χ1) is 24.7. The van der Waals surface area contributed by atoms with Crippen LogP contribution in [-0.2, 0) is 0 Å². The molecule has 1 aliphatic heterocycles. The van der Waals surface area contributed by atoms with Crippen LogP contribution in [0.25, 0.3) is 16.7 Å². The van der Waals surface area contributed by atoms with Crippen molar-refractivity contribution in [2.45, 2.75) is 54.6 Å². The van der Waals surface area contributed by atoms with Crippen molar-refractivity contribution in [2.24, 2.45) is 0 Å². The molecule has 1 heterocycles. The predicted molar refractivity (Wildman–Crippen MR) is 214 cm³/mol. The molecule has 0 aromatic heterocycles. The van der Waals surface area contributed by atoms with Crippen LogP contribution in [0.2, 0.25) is 0 Å². The van der Waals surface area contributed by atoms with Crippen LogP contribution < -0.4 is 0 Å². The van der Waals surface area contributed by atoms with Crippen molar-refractivity contribution >= 4 is 17.3 Å². The highest BCUT2D eigenvalue weighted by molar-refractivity contribution is 8.00. The number of benzene rings is 3. The van der Waals surface area contributed by atoms with E-state index in [9.17, 15) is 0 Å². The van der Waals surface area contributed by atoms with Crippen LogP contribution in [0.4, 0.5) is 0 Å². The summed E-state index contributed by atoms with van der Waals surface area (Å²) in [7, 11) is 0. The lowest BCUT2D eigenvalue weighted by atomic mass is 9.84. The van der Waals surface area contributed by atoms with E-state index in [-0.39, 0.29) is 0 Å². The fourth-order valence-electron chi connectivity index (χ4n) is 7.68. The van der Waals surface area contributed by atoms with Crippen LogP contribution >= 0.6 is 11.8 Å². The van der Waals surface area contributed by atoms with Crippen LogP contribution in [0.5, 0.6) is 0 Å². The lowest BCUT2D eigenvalue weighted by molar-refractivity contribution is 0.545. The first-order valence-electron chi connectivity index (χ1n) is 18.0. The fraction of sp³-hybridized carbons (Fsp3) is 0.167. The van der Waals surface area contributed by atoms with Crippen LogP contribution in [0, 0.1) is 0 Å². The van der Waals surface area contributed by atoms with Crippen molar-refractivity contribution in [1.82, 2.24) is 4.90 Å². The summed E-state index contributed by atoms with van der Waals surface area (Å²) in [6.45, 7) is 3.83. The Bertz CT molecular complexity index is 2090. The molecule has 8 rings (SSSR count). The smallest absolute Gasteiger partial charge is 0.0409 e. The second kappa shape index (κ2) is 14.8. The molecule has 0 saturated heterocycles. The minimum absolute atomic E-state index is 0.425. The van der Waals surface area contributed by atoms with Gasteiger partial charge in [0.2, 0.25) is 0 Å². The molecule has 0 fully saturated rings. The van der Waals surface area contributed by atoms with E-state index < -0.39 is 0 Å². The Morgan fingerprint density at radius 2 is 1.56 bits per heavy atom. The van der Waals surface area contributed by atoms with Gasteiger partial charge < -0.3 is 4.90 Å². The highest BCUT2D eigenvalue weighted by Crippen LogP contribution is 2.50. The average molecular weight is 666 g/mol. The van der Waals surface area contributed by atoms with Gasteiger partial charge in [0.25, 0.3) is 0 Å². The summed E-state index contributed by atoms with van der Waals surface area (Å²) in [5.41, 5.74) is 15.2. The second-order valence-electron chi connectivity index (χ2n) is 13.5. The molecule has 3 aromatic rings. The van der Waals surface area contributed by atoms with Gasteiger partial charge in [-0.15, -0.1) is 11.8 Å². The van der Waals surface area contributed by atoms with Gasteiger partial charge in [0.1, 0.15) is 0 Å². The van der Waals surface area contributed by atoms with E-state index in [0.29, 0.717) is 11.2 Å². The van der Waals surface area contributed by atoms with Gasteiger partial charge >= 0.3 is 0 Å². The SMILES string of the molecule is C=C/C=C\C=C/N(C1=CCC(c2ccccc2)C=C1)C1=CC=C(C2=CC(C3=CCC4Sc5ccc(-c6ccccc6)cc5C4=C3)=CCC2)CC1. The van der Waals surface area contributed by atoms with Gasteiger partial charge in [-0.3, -0.25) is 0 Å². The topological polar surface area (TPSA) is 3.24 Å². The van der Waals surface area contributed by atoms with E-state index in [2.05, 4.69) is 157 Å². The van der Waals surface area contributed by atoms with Crippen LogP contribution in [0.15, 0.2) is 209 Å². The molecule has 4 aliphatic carbocycles. The minimum atomic E-state index is 0.425. The number of fused-ring (bicyclic) bond motifs is 3. The largest absolute Gasteiger partial charge is 0.321 e. The van der Waals surface area contributed by atoms with Crippen molar-refractivity contribution in [1.29, 1.82) is 0 Å². The first kappa shape index (κ1) is 32.2. The van der Waals surface area contributed by atoms with Gasteiger partial charge in [0, 0.05) is 33.7 Å². The van der Waals surface area contributed by atoms with Gasteiger partial charge in [-0.1, -0.05) is 128 Å². The van der Waals surface area contributed by atoms with E-state index in [0.717, 1.165) is 38.5 Å². The summed E-state index contributed by atoms with van der Waals surface area (Å²) in [6, 6.07) is 28.6. The molecule has 0 bridgehead atoms. The highest BCUT2D eigenvalue weighted by atomic mass is 32.2. The molecular weight excluding hydrogens is 623 g/mol. The molecular formula is C48H43NS. The monoisotopic (exact) mass is 665 g/mol. The quantitative estimate of drug-likeness (QED) is 0.209. The van der Waals surface area contributed by atoms with Crippen molar-refractivity contribution < 1.29 is 0 Å². The molecule has 2 atom stereocenters. The zero-order valence-electron chi connectivity index (χ0n) is 28.5. The fourth-order valence-corrected chi connectivity index (χ4v) is 8.95. The Kier molecular flexibility index (Phi) is 9.54. The van der Waals surface area contributed by atoms with Crippen LogP contribution in [0.1, 0.15) is 55.6 Å². The number of rotatable bonds is 9. The van der Waals surface area contributed by atoms with Crippen molar-refractivity contribution in [3.8, 4) is 11.1 Å². The van der Waals surface area contributed by atoms with E-state index in [1.807, 2.05) is 30.0 Å². The van der Waals surface area contributed by atoms with E-state index in [1.54, 1.807) is 0 Å². The van der Waals surface area contributed by atoms with Crippen molar-refractivity contribution in [3.05, 3.63) is 215 Å². The third kappa shape index (κ3) is 6.86. The Morgan fingerprint density at radius 1 is 0.720 bits per heavy atom. The molecule has 2 heteroatoms. The molecule has 0 N–H and O–H groups in total. The highest BCUT2D eigenvalue weighted by Gasteiger charge is 2.30. The Balaban J connectivity index is 1.01. The zero-order valence-corrected chi connectivity index (χ0v) is 29.4. The van der Waals surface area contributed by atoms with Crippen molar-refractivity contribution in [3.63, 3.8) is 0 Å². The molecule has 0 spiro atoms. The van der Waals surface area contributed by atoms with Gasteiger partial charge in [-0.2, -0.15) is 0 Å². The van der Waals surface area contributed by atoms with E-state index >= 15 is 0 Å². The zero-order chi connectivity index (χ0) is 33.7. The molecule has 1 nitrogen and oxygen atoms in total. The lowest BCUT2D eigenvalue weighted by Crippen LogP contribution is -2.18. The Hall–Kier alpha value is -5.05. The number of allylic oxidation sites excluding steroid dienone is 18. The first-order valence-corrected chi connectivity index (χ1v) is 18.9. The van der Waals surface area contributed by atoms with Crippen molar-refractivity contribution in [2.75, 3.05) is 0 Å². The Labute approximate surface area is 302 Å². The van der Waals surface area contributed by atoms with Gasteiger partial charge in [0.05, 0.1) is 0 Å². The summed E-state index contributed by atoms with van der Waals surface area (Å²) in [5.74, 6) is 0.425. The third-order valence-electron chi connectivity index (χ3n) is 10.3. The van der Waals surface area contributed by atoms with Gasteiger partial charge in [-0.25, -0.2) is 0 Å². The van der Waals surface area contributed by atoms with E-state index in [1.165, 1.54) is 66.4 Å². The van der Waals surface area contributed by atoms with E-state index in [4.69, 9.17) is 0 Å². The van der Waals surface area contributed by atoms with Gasteiger partial charge in [-0.05, 0) is 125 Å². The average Bonchev–Trinajstić information content (AvgIpc) is 3.56. The molecule has 246 valence electrons. The maximum atomic E-state index is 3.83. The molecule has 0 saturated carbocycles. The number of nitrogens with zero attached hydrogens (tertiary/aromatic N) is 1. The van der Waals surface area contributed by atoms with Crippen LogP contribution in [-0.4, -0.2) is 10.1 Å². The molecule has 0 radical (unpaired) electrons. The second-order valence-corrected chi connectivity index (χ2v) is 14.7. The summed E-state index contributed by atoms with van der Waals surface area (Å²) >= 11 is 2.03. The van der Waals surface area contributed by atoms with Crippen LogP contribution in [0.3, 0.4) is 0 Å². The summed E-state index contributed by atoms with van der Waals surface area (Å²) in [5, 5.41) is 0.514. The number of hydrogen-bond acceptors (Lipinski definition) is 2. The molecule has 2 unspecified atom stereocenters. The normalized spacial score (nSPS) is 21.3. The molecule has 50 heavy (non-hydrogen) atoms. The maximum Gasteiger partial charge on any atom is 0.0409 e. The molecule has 5 aliphatic rings.